The molecule has 9 heteroatoms. The molecule has 1 aromatic rings. The molecule has 1 aliphatic heterocycles. The van der Waals surface area contributed by atoms with Crippen LogP contribution in [0.25, 0.3) is 0 Å². The van der Waals surface area contributed by atoms with Crippen molar-refractivity contribution in [2.24, 2.45) is 5.92 Å². The van der Waals surface area contributed by atoms with Crippen LogP contribution < -0.4 is 5.32 Å². The van der Waals surface area contributed by atoms with Gasteiger partial charge in [-0.05, 0) is 18.9 Å². The molecule has 9 nitrogen and oxygen atoms in total. The maximum absolute atomic E-state index is 12.4. The summed E-state index contributed by atoms with van der Waals surface area (Å²) < 4.78 is 0. The van der Waals surface area contributed by atoms with Crippen molar-refractivity contribution < 1.29 is 19.6 Å². The Hall–Kier alpha value is -3.41. The summed E-state index contributed by atoms with van der Waals surface area (Å²) >= 11 is 0. The van der Waals surface area contributed by atoms with E-state index < -0.39 is 22.7 Å². The Morgan fingerprint density at radius 2 is 2.00 bits per heavy atom. The molecule has 0 spiro atoms. The fourth-order valence-electron chi connectivity index (χ4n) is 2.55. The predicted octanol–water partition coefficient (Wildman–Crippen LogP) is 1.74. The first-order valence-corrected chi connectivity index (χ1v) is 7.56. The third-order valence-electron chi connectivity index (χ3n) is 3.96. The third kappa shape index (κ3) is 4.32. The van der Waals surface area contributed by atoms with Gasteiger partial charge in [-0.15, -0.1) is 0 Å². The molecule has 0 bridgehead atoms. The number of aliphatic carboxylic acids is 1. The quantitative estimate of drug-likeness (QED) is 0.359. The Bertz CT molecular complexity index is 760. The minimum Gasteiger partial charge on any atom is -0.481 e. The third-order valence-corrected chi connectivity index (χ3v) is 3.96. The summed E-state index contributed by atoms with van der Waals surface area (Å²) in [6.45, 7) is 0.501. The molecule has 2 N–H and O–H groups in total. The Morgan fingerprint density at radius 1 is 1.36 bits per heavy atom. The summed E-state index contributed by atoms with van der Waals surface area (Å²) in [7, 11) is 0. The molecule has 0 unspecified atom stereocenters. The molecule has 1 aromatic carbocycles. The van der Waals surface area contributed by atoms with E-state index in [9.17, 15) is 25.0 Å². The molecular formula is C16H16N4O5. The van der Waals surface area contributed by atoms with Gasteiger partial charge in [0.25, 0.3) is 11.6 Å². The maximum atomic E-state index is 12.4. The number of carbonyl (C=O) groups is 2. The molecule has 1 aliphatic rings. The highest BCUT2D eigenvalue weighted by Gasteiger charge is 2.28. The number of hydrogen-bond acceptors (Lipinski definition) is 6. The Balaban J connectivity index is 2.08. The molecule has 1 fully saturated rings. The van der Waals surface area contributed by atoms with Gasteiger partial charge in [-0.2, -0.15) is 5.26 Å². The minimum absolute atomic E-state index is 0.164. The number of hydrogen-bond donors (Lipinski definition) is 2. The molecule has 0 aliphatic carbocycles. The van der Waals surface area contributed by atoms with E-state index in [4.69, 9.17) is 5.11 Å². The number of benzene rings is 1. The normalized spacial score (nSPS) is 15.3. The number of nitriles is 1. The van der Waals surface area contributed by atoms with Gasteiger partial charge < -0.3 is 15.3 Å². The zero-order valence-corrected chi connectivity index (χ0v) is 13.2. The van der Waals surface area contributed by atoms with Crippen LogP contribution in [0.1, 0.15) is 12.8 Å². The van der Waals surface area contributed by atoms with Gasteiger partial charge in [0.1, 0.15) is 17.3 Å². The number of amides is 1. The van der Waals surface area contributed by atoms with Crippen molar-refractivity contribution in [3.8, 4) is 6.07 Å². The largest absolute Gasteiger partial charge is 0.481 e. The van der Waals surface area contributed by atoms with Gasteiger partial charge in [-0.1, -0.05) is 12.1 Å². The van der Waals surface area contributed by atoms with E-state index in [1.807, 2.05) is 0 Å². The van der Waals surface area contributed by atoms with Crippen molar-refractivity contribution in [3.05, 3.63) is 46.2 Å². The number of piperidine rings is 1. The van der Waals surface area contributed by atoms with Crippen LogP contribution in [-0.2, 0) is 9.59 Å². The Labute approximate surface area is 143 Å². The van der Waals surface area contributed by atoms with Crippen LogP contribution in [0.4, 0.5) is 11.4 Å². The number of para-hydroxylation sites is 2. The molecular weight excluding hydrogens is 328 g/mol. The van der Waals surface area contributed by atoms with Gasteiger partial charge in [0.05, 0.1) is 10.8 Å². The summed E-state index contributed by atoms with van der Waals surface area (Å²) in [4.78, 5) is 35.1. The second-order valence-electron chi connectivity index (χ2n) is 5.49. The number of carbonyl (C=O) groups excluding carboxylic acids is 1. The smallest absolute Gasteiger partial charge is 0.306 e. The van der Waals surface area contributed by atoms with Crippen LogP contribution in [0.3, 0.4) is 0 Å². The number of carboxylic acid groups (broad SMARTS) is 1. The van der Waals surface area contributed by atoms with Crippen LogP contribution >= 0.6 is 0 Å². The zero-order valence-electron chi connectivity index (χ0n) is 13.2. The van der Waals surface area contributed by atoms with E-state index >= 15 is 0 Å². The SMILES string of the molecule is N#C/C(=C/Nc1ccccc1[N+](=O)[O-])C(=O)N1CCC(C(=O)O)CC1. The van der Waals surface area contributed by atoms with Crippen molar-refractivity contribution in [2.45, 2.75) is 12.8 Å². The maximum Gasteiger partial charge on any atom is 0.306 e. The van der Waals surface area contributed by atoms with Gasteiger partial charge in [-0.25, -0.2) is 0 Å². The summed E-state index contributed by atoms with van der Waals surface area (Å²) in [5.41, 5.74) is -0.213. The van der Waals surface area contributed by atoms with Crippen LogP contribution in [0.2, 0.25) is 0 Å². The van der Waals surface area contributed by atoms with Crippen molar-refractivity contribution >= 4 is 23.3 Å². The second-order valence-corrected chi connectivity index (χ2v) is 5.49. The van der Waals surface area contributed by atoms with Crippen LogP contribution in [0.5, 0.6) is 0 Å². The molecule has 0 saturated carbocycles. The lowest BCUT2D eigenvalue weighted by Gasteiger charge is -2.29. The summed E-state index contributed by atoms with van der Waals surface area (Å²) in [6, 6.07) is 7.65. The Kier molecular flexibility index (Phi) is 5.68. The molecule has 1 saturated heterocycles. The fraction of sp³-hybridized carbons (Fsp3) is 0.312. The molecule has 0 radical (unpaired) electrons. The molecule has 0 atom stereocenters. The first-order valence-electron chi connectivity index (χ1n) is 7.56. The van der Waals surface area contributed by atoms with Gasteiger partial charge in [0.15, 0.2) is 0 Å². The predicted molar refractivity (Wildman–Crippen MR) is 87.4 cm³/mol. The molecule has 0 aromatic heterocycles. The summed E-state index contributed by atoms with van der Waals surface area (Å²) in [5, 5.41) is 31.7. The van der Waals surface area contributed by atoms with E-state index in [2.05, 4.69) is 5.32 Å². The Morgan fingerprint density at radius 3 is 2.56 bits per heavy atom. The van der Waals surface area contributed by atoms with Crippen LogP contribution in [0.15, 0.2) is 36.0 Å². The van der Waals surface area contributed by atoms with Gasteiger partial charge in [0, 0.05) is 25.4 Å². The topological polar surface area (TPSA) is 137 Å². The van der Waals surface area contributed by atoms with Crippen LogP contribution in [-0.4, -0.2) is 39.9 Å². The number of rotatable bonds is 5. The number of nitrogens with zero attached hydrogens (tertiary/aromatic N) is 3. The standard InChI is InChI=1S/C16H16N4O5/c17-9-12(10-18-13-3-1-2-4-14(13)20(24)25)15(21)19-7-5-11(6-8-19)16(22)23/h1-4,10-11,18H,5-8H2,(H,22,23)/b12-10-. The number of nitrogens with one attached hydrogen (secondary N) is 1. The highest BCUT2D eigenvalue weighted by molar-refractivity contribution is 5.97. The van der Waals surface area contributed by atoms with Crippen molar-refractivity contribution in [1.82, 2.24) is 4.90 Å². The molecule has 2 rings (SSSR count). The molecule has 130 valence electrons. The number of likely N-dealkylation sites (tertiary alicyclic amines) is 1. The lowest BCUT2D eigenvalue weighted by molar-refractivity contribution is -0.383. The molecule has 1 amide bonds. The van der Waals surface area contributed by atoms with E-state index in [1.54, 1.807) is 12.1 Å². The van der Waals surface area contributed by atoms with E-state index in [0.717, 1.165) is 6.20 Å². The summed E-state index contributed by atoms with van der Waals surface area (Å²) in [6.07, 6.45) is 1.79. The minimum atomic E-state index is -0.888. The first kappa shape index (κ1) is 17.9. The van der Waals surface area contributed by atoms with E-state index in [1.165, 1.54) is 23.1 Å². The average molecular weight is 344 g/mol. The van der Waals surface area contributed by atoms with E-state index in [-0.39, 0.29) is 30.0 Å². The van der Waals surface area contributed by atoms with Crippen molar-refractivity contribution in [2.75, 3.05) is 18.4 Å². The highest BCUT2D eigenvalue weighted by Crippen LogP contribution is 2.24. The number of carboxylic acids is 1. The fourth-order valence-corrected chi connectivity index (χ4v) is 2.55. The lowest BCUT2D eigenvalue weighted by atomic mass is 9.97. The molecule has 1 heterocycles. The summed E-state index contributed by atoms with van der Waals surface area (Å²) in [5.74, 6) is -1.90. The van der Waals surface area contributed by atoms with Crippen LogP contribution in [0, 0.1) is 27.4 Å². The zero-order chi connectivity index (χ0) is 18.4. The highest BCUT2D eigenvalue weighted by atomic mass is 16.6. The average Bonchev–Trinajstić information content (AvgIpc) is 2.62. The number of nitro benzene ring substituents is 1. The number of anilines is 1. The first-order chi connectivity index (χ1) is 11.9. The van der Waals surface area contributed by atoms with Gasteiger partial charge in [0.2, 0.25) is 0 Å². The van der Waals surface area contributed by atoms with E-state index in [0.29, 0.717) is 12.8 Å². The monoisotopic (exact) mass is 344 g/mol. The number of nitro groups is 1. The van der Waals surface area contributed by atoms with Crippen molar-refractivity contribution in [3.63, 3.8) is 0 Å². The second kappa shape index (κ2) is 7.92. The van der Waals surface area contributed by atoms with Gasteiger partial charge >= 0.3 is 5.97 Å². The lowest BCUT2D eigenvalue weighted by Crippen LogP contribution is -2.40. The van der Waals surface area contributed by atoms with Gasteiger partial charge in [-0.3, -0.25) is 19.7 Å². The van der Waals surface area contributed by atoms with Crippen molar-refractivity contribution in [1.29, 1.82) is 5.26 Å². The molecule has 25 heavy (non-hydrogen) atoms.